The lowest BCUT2D eigenvalue weighted by molar-refractivity contribution is 0.281. The molecule has 18 heavy (non-hydrogen) atoms. The Labute approximate surface area is 108 Å². The number of benzene rings is 1. The van der Waals surface area contributed by atoms with E-state index in [1.807, 2.05) is 0 Å². The van der Waals surface area contributed by atoms with Crippen molar-refractivity contribution in [2.24, 2.45) is 0 Å². The summed E-state index contributed by atoms with van der Waals surface area (Å²) in [5.41, 5.74) is 0.720. The van der Waals surface area contributed by atoms with Crippen molar-refractivity contribution in [3.63, 3.8) is 0 Å². The molecule has 1 N–H and O–H groups in total. The highest BCUT2D eigenvalue weighted by Crippen LogP contribution is 2.27. The van der Waals surface area contributed by atoms with Crippen molar-refractivity contribution < 1.29 is 13.5 Å². The lowest BCUT2D eigenvalue weighted by Gasteiger charge is -2.23. The minimum Gasteiger partial charge on any atom is -0.392 e. The van der Waals surface area contributed by atoms with E-state index in [0.29, 0.717) is 4.90 Å². The van der Waals surface area contributed by atoms with Crippen LogP contribution in [-0.2, 0) is 16.6 Å². The van der Waals surface area contributed by atoms with Gasteiger partial charge in [-0.1, -0.05) is 25.0 Å². The average molecular weight is 269 g/mol. The van der Waals surface area contributed by atoms with Gasteiger partial charge in [-0.15, -0.1) is 0 Å². The maximum Gasteiger partial charge on any atom is 0.243 e. The number of sulfonamides is 1. The molecule has 1 aromatic carbocycles. The van der Waals surface area contributed by atoms with Gasteiger partial charge < -0.3 is 5.11 Å². The van der Waals surface area contributed by atoms with E-state index in [4.69, 9.17) is 5.11 Å². The monoisotopic (exact) mass is 269 g/mol. The van der Waals surface area contributed by atoms with Crippen LogP contribution >= 0.6 is 0 Å². The molecule has 0 heterocycles. The van der Waals surface area contributed by atoms with Crippen LogP contribution in [0.4, 0.5) is 0 Å². The molecule has 1 aromatic rings. The second kappa shape index (κ2) is 5.38. The molecule has 2 rings (SSSR count). The molecule has 5 heteroatoms. The van der Waals surface area contributed by atoms with Crippen LogP contribution in [0.2, 0.25) is 0 Å². The zero-order chi connectivity index (χ0) is 13.2. The molecule has 100 valence electrons. The lowest BCUT2D eigenvalue weighted by atomic mass is 10.2. The maximum absolute atomic E-state index is 12.4. The molecular formula is C13H19NO3S. The van der Waals surface area contributed by atoms with Gasteiger partial charge in [0, 0.05) is 13.1 Å². The smallest absolute Gasteiger partial charge is 0.243 e. The maximum atomic E-state index is 12.4. The first kappa shape index (κ1) is 13.5. The minimum atomic E-state index is -3.40. The average Bonchev–Trinajstić information content (AvgIpc) is 2.91. The van der Waals surface area contributed by atoms with Crippen LogP contribution in [-0.4, -0.2) is 30.9 Å². The zero-order valence-corrected chi connectivity index (χ0v) is 11.4. The second-order valence-electron chi connectivity index (χ2n) is 4.76. The van der Waals surface area contributed by atoms with E-state index in [-0.39, 0.29) is 12.6 Å². The summed E-state index contributed by atoms with van der Waals surface area (Å²) >= 11 is 0. The molecule has 0 bridgehead atoms. The Morgan fingerprint density at radius 1 is 1.22 bits per heavy atom. The van der Waals surface area contributed by atoms with Gasteiger partial charge in [-0.25, -0.2) is 8.42 Å². The Balaban J connectivity index is 2.23. The van der Waals surface area contributed by atoms with E-state index in [2.05, 4.69) is 0 Å². The molecule has 0 aromatic heterocycles. The topological polar surface area (TPSA) is 57.6 Å². The molecule has 0 atom stereocenters. The van der Waals surface area contributed by atoms with Crippen molar-refractivity contribution in [3.8, 4) is 0 Å². The molecule has 0 spiro atoms. The van der Waals surface area contributed by atoms with Crippen LogP contribution in [0.3, 0.4) is 0 Å². The van der Waals surface area contributed by atoms with Gasteiger partial charge in [-0.2, -0.15) is 4.31 Å². The number of hydrogen-bond donors (Lipinski definition) is 1. The highest BCUT2D eigenvalue weighted by Gasteiger charge is 2.29. The lowest BCUT2D eigenvalue weighted by Crippen LogP contribution is -2.35. The Hall–Kier alpha value is -0.910. The fraction of sp³-hybridized carbons (Fsp3) is 0.538. The second-order valence-corrected chi connectivity index (χ2v) is 6.76. The molecule has 4 nitrogen and oxygen atoms in total. The van der Waals surface area contributed by atoms with Crippen molar-refractivity contribution in [1.82, 2.24) is 4.31 Å². The number of hydrogen-bond acceptors (Lipinski definition) is 3. The van der Waals surface area contributed by atoms with Crippen LogP contribution in [0.5, 0.6) is 0 Å². The normalized spacial score (nSPS) is 17.5. The van der Waals surface area contributed by atoms with E-state index in [0.717, 1.165) is 31.2 Å². The van der Waals surface area contributed by atoms with Crippen molar-refractivity contribution in [2.75, 3.05) is 7.05 Å². The summed E-state index contributed by atoms with van der Waals surface area (Å²) in [5.74, 6) is 0. The van der Waals surface area contributed by atoms with Crippen LogP contribution in [0, 0.1) is 0 Å². The predicted molar refractivity (Wildman–Crippen MR) is 69.6 cm³/mol. The summed E-state index contributed by atoms with van der Waals surface area (Å²) in [6, 6.07) is 6.55. The third-order valence-electron chi connectivity index (χ3n) is 3.62. The number of nitrogens with zero attached hydrogens (tertiary/aromatic N) is 1. The van der Waals surface area contributed by atoms with Gasteiger partial charge in [0.25, 0.3) is 0 Å². The van der Waals surface area contributed by atoms with E-state index in [9.17, 15) is 8.42 Å². The molecule has 0 radical (unpaired) electrons. The van der Waals surface area contributed by atoms with Gasteiger partial charge in [-0.3, -0.25) is 0 Å². The quantitative estimate of drug-likeness (QED) is 0.906. The van der Waals surface area contributed by atoms with Crippen LogP contribution in [0.25, 0.3) is 0 Å². The van der Waals surface area contributed by atoms with E-state index >= 15 is 0 Å². The SMILES string of the molecule is CN(C1CCCC1)S(=O)(=O)c1ccc(CO)cc1. The standard InChI is InChI=1S/C13H19NO3S/c1-14(12-4-2-3-5-12)18(16,17)13-8-6-11(10-15)7-9-13/h6-9,12,15H,2-5,10H2,1H3. The van der Waals surface area contributed by atoms with E-state index in [1.165, 1.54) is 4.31 Å². The van der Waals surface area contributed by atoms with Gasteiger partial charge >= 0.3 is 0 Å². The van der Waals surface area contributed by atoms with Crippen molar-refractivity contribution in [2.45, 2.75) is 43.2 Å². The predicted octanol–water partition coefficient (Wildman–Crippen LogP) is 1.74. The summed E-state index contributed by atoms with van der Waals surface area (Å²) in [6.45, 7) is -0.0706. The molecule has 0 unspecified atom stereocenters. The van der Waals surface area contributed by atoms with Gasteiger partial charge in [0.15, 0.2) is 0 Å². The van der Waals surface area contributed by atoms with Gasteiger partial charge in [0.1, 0.15) is 0 Å². The summed E-state index contributed by atoms with van der Waals surface area (Å²) < 4.78 is 26.3. The van der Waals surface area contributed by atoms with Crippen molar-refractivity contribution in [3.05, 3.63) is 29.8 Å². The highest BCUT2D eigenvalue weighted by molar-refractivity contribution is 7.89. The summed E-state index contributed by atoms with van der Waals surface area (Å²) in [5, 5.41) is 8.95. The molecule has 1 aliphatic rings. The Bertz CT molecular complexity index is 489. The first-order chi connectivity index (χ1) is 8.55. The first-order valence-corrected chi connectivity index (χ1v) is 7.67. The molecular weight excluding hydrogens is 250 g/mol. The van der Waals surface area contributed by atoms with Gasteiger partial charge in [-0.05, 0) is 30.5 Å². The number of rotatable bonds is 4. The van der Waals surface area contributed by atoms with Crippen LogP contribution in [0.1, 0.15) is 31.2 Å². The fourth-order valence-electron chi connectivity index (χ4n) is 2.40. The molecule has 0 aliphatic heterocycles. The zero-order valence-electron chi connectivity index (χ0n) is 10.5. The fourth-order valence-corrected chi connectivity index (χ4v) is 3.81. The summed E-state index contributed by atoms with van der Waals surface area (Å²) in [4.78, 5) is 0.300. The molecule has 1 aliphatic carbocycles. The summed E-state index contributed by atoms with van der Waals surface area (Å²) in [6.07, 6.45) is 4.11. The Morgan fingerprint density at radius 3 is 2.28 bits per heavy atom. The van der Waals surface area contributed by atoms with Crippen LogP contribution in [0.15, 0.2) is 29.2 Å². The van der Waals surface area contributed by atoms with E-state index < -0.39 is 10.0 Å². The molecule has 1 saturated carbocycles. The van der Waals surface area contributed by atoms with Gasteiger partial charge in [0.2, 0.25) is 10.0 Å². The molecule has 1 fully saturated rings. The molecule has 0 amide bonds. The van der Waals surface area contributed by atoms with Crippen LogP contribution < -0.4 is 0 Å². The highest BCUT2D eigenvalue weighted by atomic mass is 32.2. The third-order valence-corrected chi connectivity index (χ3v) is 5.55. The van der Waals surface area contributed by atoms with Crippen molar-refractivity contribution in [1.29, 1.82) is 0 Å². The largest absolute Gasteiger partial charge is 0.392 e. The third kappa shape index (κ3) is 2.58. The van der Waals surface area contributed by atoms with E-state index in [1.54, 1.807) is 31.3 Å². The molecule has 0 saturated heterocycles. The summed E-state index contributed by atoms with van der Waals surface area (Å²) in [7, 11) is -1.74. The number of aliphatic hydroxyl groups excluding tert-OH is 1. The Kier molecular flexibility index (Phi) is 4.04. The minimum absolute atomic E-state index is 0.0706. The van der Waals surface area contributed by atoms with Gasteiger partial charge in [0.05, 0.1) is 11.5 Å². The first-order valence-electron chi connectivity index (χ1n) is 6.23. The number of aliphatic hydroxyl groups is 1. The Morgan fingerprint density at radius 2 is 1.78 bits per heavy atom. The van der Waals surface area contributed by atoms with Crippen molar-refractivity contribution >= 4 is 10.0 Å².